The van der Waals surface area contributed by atoms with Crippen molar-refractivity contribution in [3.05, 3.63) is 76.0 Å². The van der Waals surface area contributed by atoms with Gasteiger partial charge in [-0.15, -0.1) is 11.3 Å². The van der Waals surface area contributed by atoms with Crippen molar-refractivity contribution in [1.82, 2.24) is 9.80 Å². The van der Waals surface area contributed by atoms with Gasteiger partial charge in [-0.05, 0) is 73.0 Å². The van der Waals surface area contributed by atoms with Gasteiger partial charge in [-0.25, -0.2) is 4.79 Å². The van der Waals surface area contributed by atoms with Gasteiger partial charge in [0.05, 0.1) is 26.9 Å². The number of thiophene rings is 1. The molecule has 3 aromatic rings. The zero-order valence-corrected chi connectivity index (χ0v) is 23.7. The molecule has 8 nitrogen and oxygen atoms in total. The van der Waals surface area contributed by atoms with Crippen LogP contribution in [-0.2, 0) is 22.5 Å². The van der Waals surface area contributed by atoms with Crippen LogP contribution in [-0.4, -0.2) is 68.3 Å². The average Bonchev–Trinajstić information content (AvgIpc) is 3.65. The molecule has 1 N–H and O–H groups in total. The van der Waals surface area contributed by atoms with Crippen molar-refractivity contribution in [3.8, 4) is 11.5 Å². The number of carbonyl (C=O) groups excluding carboxylic acids is 2. The van der Waals surface area contributed by atoms with E-state index < -0.39 is 0 Å². The molecule has 2 heterocycles. The molecule has 0 spiro atoms. The number of anilines is 1. The van der Waals surface area contributed by atoms with Gasteiger partial charge in [0.2, 0.25) is 5.91 Å². The third-order valence-electron chi connectivity index (χ3n) is 6.73. The van der Waals surface area contributed by atoms with E-state index in [9.17, 15) is 9.59 Å². The number of benzene rings is 2. The Morgan fingerprint density at radius 1 is 1.05 bits per heavy atom. The Balaban J connectivity index is 1.49. The highest BCUT2D eigenvalue weighted by molar-refractivity contribution is 7.09. The highest BCUT2D eigenvalue weighted by Gasteiger charge is 2.27. The zero-order valence-electron chi connectivity index (χ0n) is 22.9. The molecule has 3 amide bonds. The molecule has 0 bridgehead atoms. The minimum atomic E-state index is -0.305. The van der Waals surface area contributed by atoms with Crippen molar-refractivity contribution in [2.75, 3.05) is 45.8 Å². The van der Waals surface area contributed by atoms with Gasteiger partial charge in [0.25, 0.3) is 0 Å². The Bertz CT molecular complexity index is 1230. The van der Waals surface area contributed by atoms with Gasteiger partial charge < -0.3 is 29.3 Å². The van der Waals surface area contributed by atoms with E-state index >= 15 is 0 Å². The van der Waals surface area contributed by atoms with Gasteiger partial charge in [-0.1, -0.05) is 24.3 Å². The Kier molecular flexibility index (Phi) is 10.2. The third-order valence-corrected chi connectivity index (χ3v) is 7.59. The minimum absolute atomic E-state index is 0.0329. The second-order valence-corrected chi connectivity index (χ2v) is 10.7. The molecule has 208 valence electrons. The first-order valence-corrected chi connectivity index (χ1v) is 14.1. The fourth-order valence-electron chi connectivity index (χ4n) is 4.62. The van der Waals surface area contributed by atoms with Crippen LogP contribution in [0.25, 0.3) is 0 Å². The summed E-state index contributed by atoms with van der Waals surface area (Å²) in [5, 5.41) is 4.97. The van der Waals surface area contributed by atoms with Crippen LogP contribution in [0.5, 0.6) is 11.5 Å². The predicted octanol–water partition coefficient (Wildman–Crippen LogP) is 5.36. The Labute approximate surface area is 234 Å². The zero-order chi connectivity index (χ0) is 27.6. The Morgan fingerprint density at radius 3 is 2.59 bits per heavy atom. The number of amides is 3. The van der Waals surface area contributed by atoms with Crippen LogP contribution >= 0.6 is 11.3 Å². The molecule has 0 radical (unpaired) electrons. The molecule has 1 unspecified atom stereocenters. The van der Waals surface area contributed by atoms with Gasteiger partial charge in [0.1, 0.15) is 6.54 Å². The van der Waals surface area contributed by atoms with Gasteiger partial charge in [-0.3, -0.25) is 4.79 Å². The molecule has 1 aliphatic heterocycles. The second kappa shape index (κ2) is 14.0. The first-order chi connectivity index (χ1) is 18.9. The summed E-state index contributed by atoms with van der Waals surface area (Å²) in [4.78, 5) is 31.6. The lowest BCUT2D eigenvalue weighted by molar-refractivity contribution is -0.132. The second-order valence-electron chi connectivity index (χ2n) is 9.65. The maximum absolute atomic E-state index is 13.7. The number of hydrogen-bond donors (Lipinski definition) is 1. The van der Waals surface area contributed by atoms with Gasteiger partial charge in [0, 0.05) is 30.3 Å². The molecule has 1 aromatic heterocycles. The summed E-state index contributed by atoms with van der Waals surface area (Å²) in [5.41, 5.74) is 2.78. The molecule has 2 aromatic carbocycles. The van der Waals surface area contributed by atoms with Gasteiger partial charge in [0.15, 0.2) is 11.5 Å². The van der Waals surface area contributed by atoms with Crippen LogP contribution in [0.2, 0.25) is 0 Å². The first kappa shape index (κ1) is 28.4. The highest BCUT2D eigenvalue weighted by atomic mass is 32.1. The number of carbonyl (C=O) groups is 2. The summed E-state index contributed by atoms with van der Waals surface area (Å²) in [7, 11) is 3.22. The number of nitrogens with zero attached hydrogens (tertiary/aromatic N) is 2. The van der Waals surface area contributed by atoms with E-state index in [0.29, 0.717) is 49.8 Å². The molecule has 1 aliphatic rings. The van der Waals surface area contributed by atoms with Crippen molar-refractivity contribution in [3.63, 3.8) is 0 Å². The van der Waals surface area contributed by atoms with Crippen molar-refractivity contribution in [2.45, 2.75) is 38.8 Å². The van der Waals surface area contributed by atoms with E-state index in [4.69, 9.17) is 14.2 Å². The number of hydrogen-bond acceptors (Lipinski definition) is 6. The summed E-state index contributed by atoms with van der Waals surface area (Å²) in [5.74, 6) is 1.21. The lowest BCUT2D eigenvalue weighted by atomic mass is 10.1. The van der Waals surface area contributed by atoms with Crippen molar-refractivity contribution in [1.29, 1.82) is 0 Å². The van der Waals surface area contributed by atoms with E-state index in [1.54, 1.807) is 30.5 Å². The van der Waals surface area contributed by atoms with Crippen LogP contribution in [0, 0.1) is 6.92 Å². The topological polar surface area (TPSA) is 80.3 Å². The Morgan fingerprint density at radius 2 is 1.90 bits per heavy atom. The maximum atomic E-state index is 13.7. The number of urea groups is 1. The number of nitrogens with one attached hydrogen (secondary N) is 1. The van der Waals surface area contributed by atoms with Crippen LogP contribution in [0.4, 0.5) is 10.5 Å². The average molecular weight is 552 g/mol. The highest BCUT2D eigenvalue weighted by Crippen LogP contribution is 2.28. The van der Waals surface area contributed by atoms with Crippen LogP contribution in [0.15, 0.2) is 60.0 Å². The minimum Gasteiger partial charge on any atom is -0.493 e. The first-order valence-electron chi connectivity index (χ1n) is 13.2. The third kappa shape index (κ3) is 8.21. The smallest absolute Gasteiger partial charge is 0.322 e. The van der Waals surface area contributed by atoms with Crippen LogP contribution in [0.3, 0.4) is 0 Å². The summed E-state index contributed by atoms with van der Waals surface area (Å²) in [6.45, 7) is 3.98. The molecule has 1 atom stereocenters. The van der Waals surface area contributed by atoms with E-state index in [0.717, 1.165) is 28.8 Å². The fourth-order valence-corrected chi connectivity index (χ4v) is 5.34. The number of ether oxygens (including phenoxy) is 3. The predicted molar refractivity (Wildman–Crippen MR) is 154 cm³/mol. The number of aryl methyl sites for hydroxylation is 1. The molecule has 1 saturated heterocycles. The summed E-state index contributed by atoms with van der Waals surface area (Å²) < 4.78 is 16.6. The van der Waals surface area contributed by atoms with E-state index in [1.807, 2.05) is 71.8 Å². The van der Waals surface area contributed by atoms with Crippen LogP contribution < -0.4 is 14.8 Å². The molecular formula is C30H37N3O5S. The van der Waals surface area contributed by atoms with E-state index in [1.165, 1.54) is 0 Å². The maximum Gasteiger partial charge on any atom is 0.322 e. The van der Waals surface area contributed by atoms with Crippen LogP contribution in [0.1, 0.15) is 28.8 Å². The Hall–Kier alpha value is -3.56. The summed E-state index contributed by atoms with van der Waals surface area (Å²) >= 11 is 1.61. The number of rotatable bonds is 12. The normalized spacial score (nSPS) is 14.6. The molecule has 1 fully saturated rings. The fraction of sp³-hybridized carbons (Fsp3) is 0.400. The molecule has 0 saturated carbocycles. The van der Waals surface area contributed by atoms with Gasteiger partial charge in [-0.2, -0.15) is 0 Å². The van der Waals surface area contributed by atoms with E-state index in [2.05, 4.69) is 5.32 Å². The largest absolute Gasteiger partial charge is 0.493 e. The lowest BCUT2D eigenvalue weighted by Crippen LogP contribution is -2.47. The molecule has 39 heavy (non-hydrogen) atoms. The molecular weight excluding hydrogens is 514 g/mol. The molecule has 4 rings (SSSR count). The molecule has 9 heteroatoms. The van der Waals surface area contributed by atoms with Gasteiger partial charge >= 0.3 is 6.03 Å². The molecule has 0 aliphatic carbocycles. The summed E-state index contributed by atoms with van der Waals surface area (Å²) in [6.07, 6.45) is 2.40. The van der Waals surface area contributed by atoms with Crippen molar-refractivity contribution >= 4 is 29.0 Å². The lowest BCUT2D eigenvalue weighted by Gasteiger charge is -2.29. The quantitative estimate of drug-likeness (QED) is 0.328. The monoisotopic (exact) mass is 551 g/mol. The van der Waals surface area contributed by atoms with Crippen molar-refractivity contribution < 1.29 is 23.8 Å². The van der Waals surface area contributed by atoms with E-state index in [-0.39, 0.29) is 24.6 Å². The number of methoxy groups -OCH3 is 2. The summed E-state index contributed by atoms with van der Waals surface area (Å²) in [6, 6.07) is 17.1. The SMILES string of the molecule is COc1ccc(CCN(Cc2cccs2)C(=O)CN(CC2CCCO2)C(=O)Nc2cccc(C)c2)cc1OC. The standard InChI is InChI=1S/C30H37N3O5S/c1-22-7-4-8-24(17-22)31-30(35)33(19-25-9-5-15-38-25)21-29(34)32(20-26-10-6-16-39-26)14-13-23-11-12-27(36-2)28(18-23)37-3/h4,6-8,10-12,16-18,25H,5,9,13-15,19-21H2,1-3H3,(H,31,35). The van der Waals surface area contributed by atoms with Crippen molar-refractivity contribution in [2.24, 2.45) is 0 Å².